The van der Waals surface area contributed by atoms with E-state index in [1.54, 1.807) is 12.4 Å². The van der Waals surface area contributed by atoms with Crippen LogP contribution in [0.5, 0.6) is 0 Å². The van der Waals surface area contributed by atoms with Crippen molar-refractivity contribution in [1.82, 2.24) is 9.88 Å². The topological polar surface area (TPSA) is 42.4 Å². The molecule has 0 fully saturated rings. The lowest BCUT2D eigenvalue weighted by molar-refractivity contribution is -0.123. The van der Waals surface area contributed by atoms with Gasteiger partial charge in [0.15, 0.2) is 5.78 Å². The largest absolute Gasteiger partial charge is 0.377 e. The fraction of sp³-hybridized carbons (Fsp3) is 0.500. The van der Waals surface area contributed by atoms with Gasteiger partial charge in [-0.25, -0.2) is 0 Å². The molecule has 0 aromatic carbocycles. The summed E-state index contributed by atoms with van der Waals surface area (Å²) in [5.41, 5.74) is 1.17. The third kappa shape index (κ3) is 4.51. The zero-order chi connectivity index (χ0) is 11.8. The summed E-state index contributed by atoms with van der Waals surface area (Å²) in [5, 5.41) is 0. The molecule has 0 aliphatic rings. The van der Waals surface area contributed by atoms with Crippen molar-refractivity contribution in [3.8, 4) is 0 Å². The predicted molar refractivity (Wildman–Crippen MR) is 62.1 cm³/mol. The van der Waals surface area contributed by atoms with Gasteiger partial charge in [0.1, 0.15) is 6.61 Å². The van der Waals surface area contributed by atoms with Crippen molar-refractivity contribution >= 4 is 5.78 Å². The maximum absolute atomic E-state index is 11.4. The Morgan fingerprint density at radius 3 is 2.69 bits per heavy atom. The number of carbonyl (C=O) groups excluding carboxylic acids is 1. The number of ketones is 1. The van der Waals surface area contributed by atoms with Crippen LogP contribution in [0.4, 0.5) is 0 Å². The molecule has 1 aromatic rings. The first kappa shape index (κ1) is 12.8. The molecule has 4 nitrogen and oxygen atoms in total. The highest BCUT2D eigenvalue weighted by molar-refractivity contribution is 5.81. The van der Waals surface area contributed by atoms with Gasteiger partial charge in [-0.1, -0.05) is 6.92 Å². The molecular formula is C12H18N2O2. The molecule has 0 aliphatic carbocycles. The van der Waals surface area contributed by atoms with E-state index >= 15 is 0 Å². The zero-order valence-corrected chi connectivity index (χ0v) is 9.85. The molecule has 0 atom stereocenters. The second-order valence-corrected chi connectivity index (χ2v) is 3.63. The quantitative estimate of drug-likeness (QED) is 0.693. The normalized spacial score (nSPS) is 10.7. The molecule has 0 radical (unpaired) electrons. The maximum atomic E-state index is 11.4. The van der Waals surface area contributed by atoms with Crippen molar-refractivity contribution in [1.29, 1.82) is 0 Å². The third-order valence-electron chi connectivity index (χ3n) is 2.31. The van der Waals surface area contributed by atoms with Crippen molar-refractivity contribution < 1.29 is 9.53 Å². The van der Waals surface area contributed by atoms with Gasteiger partial charge in [0, 0.05) is 26.0 Å². The van der Waals surface area contributed by atoms with Gasteiger partial charge in [0.05, 0.1) is 6.54 Å². The predicted octanol–water partition coefficient (Wildman–Crippen LogP) is 1.12. The molecule has 1 aromatic heterocycles. The molecular weight excluding hydrogens is 204 g/mol. The molecule has 0 unspecified atom stereocenters. The lowest BCUT2D eigenvalue weighted by atomic mass is 10.2. The molecule has 0 bridgehead atoms. The summed E-state index contributed by atoms with van der Waals surface area (Å²) in [6.45, 7) is 4.28. The van der Waals surface area contributed by atoms with Gasteiger partial charge in [-0.05, 0) is 24.2 Å². The molecule has 0 aliphatic heterocycles. The highest BCUT2D eigenvalue weighted by atomic mass is 16.5. The van der Waals surface area contributed by atoms with Crippen LogP contribution in [-0.4, -0.2) is 42.5 Å². The van der Waals surface area contributed by atoms with E-state index in [1.807, 2.05) is 19.1 Å². The van der Waals surface area contributed by atoms with Crippen molar-refractivity contribution in [2.24, 2.45) is 0 Å². The Morgan fingerprint density at radius 2 is 2.12 bits per heavy atom. The molecule has 0 saturated carbocycles. The van der Waals surface area contributed by atoms with Crippen LogP contribution in [0.2, 0.25) is 0 Å². The van der Waals surface area contributed by atoms with Crippen molar-refractivity contribution in [2.75, 3.05) is 26.8 Å². The van der Waals surface area contributed by atoms with Crippen LogP contribution >= 0.6 is 0 Å². The van der Waals surface area contributed by atoms with E-state index in [0.29, 0.717) is 6.54 Å². The Hall–Kier alpha value is -1.26. The summed E-state index contributed by atoms with van der Waals surface area (Å²) in [6, 6.07) is 3.92. The van der Waals surface area contributed by atoms with E-state index in [-0.39, 0.29) is 12.4 Å². The SMILES string of the molecule is CCN(CC(=O)COC)Cc1ccncc1. The number of pyridine rings is 1. The number of ether oxygens (including phenoxy) is 1. The van der Waals surface area contributed by atoms with Crippen LogP contribution in [0, 0.1) is 0 Å². The number of carbonyl (C=O) groups is 1. The minimum atomic E-state index is 0.110. The molecule has 1 rings (SSSR count). The first-order valence-corrected chi connectivity index (χ1v) is 5.38. The van der Waals surface area contributed by atoms with Crippen LogP contribution in [0.25, 0.3) is 0 Å². The first-order valence-electron chi connectivity index (χ1n) is 5.38. The fourth-order valence-electron chi connectivity index (χ4n) is 1.48. The van der Waals surface area contributed by atoms with Gasteiger partial charge in [-0.2, -0.15) is 0 Å². The Morgan fingerprint density at radius 1 is 1.44 bits per heavy atom. The number of methoxy groups -OCH3 is 1. The lowest BCUT2D eigenvalue weighted by Crippen LogP contribution is -2.31. The number of nitrogens with zero attached hydrogens (tertiary/aromatic N) is 2. The van der Waals surface area contributed by atoms with E-state index in [9.17, 15) is 4.79 Å². The molecule has 0 saturated heterocycles. The first-order chi connectivity index (χ1) is 7.76. The summed E-state index contributed by atoms with van der Waals surface area (Å²) in [5.74, 6) is 0.110. The van der Waals surface area contributed by atoms with Gasteiger partial charge < -0.3 is 4.74 Å². The van der Waals surface area contributed by atoms with Crippen LogP contribution in [0.1, 0.15) is 12.5 Å². The molecule has 0 N–H and O–H groups in total. The van der Waals surface area contributed by atoms with Crippen molar-refractivity contribution in [3.63, 3.8) is 0 Å². The van der Waals surface area contributed by atoms with Gasteiger partial charge in [0.25, 0.3) is 0 Å². The number of rotatable bonds is 7. The number of hydrogen-bond donors (Lipinski definition) is 0. The minimum absolute atomic E-state index is 0.110. The van der Waals surface area contributed by atoms with E-state index in [2.05, 4.69) is 9.88 Å². The molecule has 0 spiro atoms. The monoisotopic (exact) mass is 222 g/mol. The zero-order valence-electron chi connectivity index (χ0n) is 9.85. The molecule has 0 amide bonds. The summed E-state index contributed by atoms with van der Waals surface area (Å²) in [7, 11) is 1.54. The summed E-state index contributed by atoms with van der Waals surface area (Å²) >= 11 is 0. The number of aromatic nitrogens is 1. The Labute approximate surface area is 96.2 Å². The summed E-state index contributed by atoms with van der Waals surface area (Å²) in [6.07, 6.45) is 3.53. The third-order valence-corrected chi connectivity index (χ3v) is 2.31. The number of hydrogen-bond acceptors (Lipinski definition) is 4. The highest BCUT2D eigenvalue weighted by Gasteiger charge is 2.09. The second kappa shape index (κ2) is 7.09. The Kier molecular flexibility index (Phi) is 5.67. The van der Waals surface area contributed by atoms with E-state index in [0.717, 1.165) is 13.1 Å². The van der Waals surface area contributed by atoms with Gasteiger partial charge in [0.2, 0.25) is 0 Å². The minimum Gasteiger partial charge on any atom is -0.377 e. The van der Waals surface area contributed by atoms with E-state index in [1.165, 1.54) is 12.7 Å². The molecule has 16 heavy (non-hydrogen) atoms. The van der Waals surface area contributed by atoms with E-state index in [4.69, 9.17) is 4.74 Å². The van der Waals surface area contributed by atoms with E-state index < -0.39 is 0 Å². The molecule has 1 heterocycles. The van der Waals surface area contributed by atoms with Gasteiger partial charge >= 0.3 is 0 Å². The fourth-order valence-corrected chi connectivity index (χ4v) is 1.48. The standard InChI is InChI=1S/C12H18N2O2/c1-3-14(9-12(15)10-16-2)8-11-4-6-13-7-5-11/h4-7H,3,8-10H2,1-2H3. The van der Waals surface area contributed by atoms with Gasteiger partial charge in [-0.15, -0.1) is 0 Å². The van der Waals surface area contributed by atoms with Crippen LogP contribution in [0.3, 0.4) is 0 Å². The second-order valence-electron chi connectivity index (χ2n) is 3.63. The summed E-state index contributed by atoms with van der Waals surface area (Å²) in [4.78, 5) is 17.5. The van der Waals surface area contributed by atoms with Crippen molar-refractivity contribution in [2.45, 2.75) is 13.5 Å². The Bertz CT molecular complexity index is 314. The average molecular weight is 222 g/mol. The molecule has 88 valence electrons. The van der Waals surface area contributed by atoms with Gasteiger partial charge in [-0.3, -0.25) is 14.7 Å². The summed E-state index contributed by atoms with van der Waals surface area (Å²) < 4.78 is 4.81. The van der Waals surface area contributed by atoms with Crippen LogP contribution in [0.15, 0.2) is 24.5 Å². The lowest BCUT2D eigenvalue weighted by Gasteiger charge is -2.19. The average Bonchev–Trinajstić information content (AvgIpc) is 2.30. The van der Waals surface area contributed by atoms with Crippen LogP contribution in [-0.2, 0) is 16.1 Å². The highest BCUT2D eigenvalue weighted by Crippen LogP contribution is 2.02. The number of likely N-dealkylation sites (N-methyl/N-ethyl adjacent to an activating group) is 1. The van der Waals surface area contributed by atoms with Crippen LogP contribution < -0.4 is 0 Å². The number of Topliss-reactive ketones (excluding diaryl/α,β-unsaturated/α-hetero) is 1. The Balaban J connectivity index is 2.46. The smallest absolute Gasteiger partial charge is 0.172 e. The van der Waals surface area contributed by atoms with Crippen molar-refractivity contribution in [3.05, 3.63) is 30.1 Å². The molecule has 4 heteroatoms. The maximum Gasteiger partial charge on any atom is 0.172 e.